The average Bonchev–Trinajstić information content (AvgIpc) is 3.25. The van der Waals surface area contributed by atoms with E-state index in [4.69, 9.17) is 5.26 Å². The molecule has 38 heavy (non-hydrogen) atoms. The van der Waals surface area contributed by atoms with E-state index in [0.717, 1.165) is 31.4 Å². The Balaban J connectivity index is 1.40. The van der Waals surface area contributed by atoms with Gasteiger partial charge in [-0.05, 0) is 51.0 Å². The zero-order valence-electron chi connectivity index (χ0n) is 21.5. The Kier molecular flexibility index (Phi) is 6.31. The number of rotatable bonds is 7. The molecule has 1 saturated heterocycles. The van der Waals surface area contributed by atoms with Gasteiger partial charge in [0.15, 0.2) is 0 Å². The van der Waals surface area contributed by atoms with Crippen LogP contribution >= 0.6 is 0 Å². The maximum Gasteiger partial charge on any atom is 0.255 e. The van der Waals surface area contributed by atoms with Crippen molar-refractivity contribution >= 4 is 23.0 Å². The fraction of sp³-hybridized carbons (Fsp3) is 0.444. The molecule has 198 valence electrons. The molecule has 1 spiro atoms. The predicted molar refractivity (Wildman–Crippen MR) is 138 cm³/mol. The van der Waals surface area contributed by atoms with Crippen molar-refractivity contribution in [3.8, 4) is 17.5 Å². The highest BCUT2D eigenvalue weighted by atomic mass is 19.1. The van der Waals surface area contributed by atoms with Crippen LogP contribution in [0.25, 0.3) is 16.9 Å². The first-order valence-corrected chi connectivity index (χ1v) is 12.5. The highest BCUT2D eigenvalue weighted by Crippen LogP contribution is 2.49. The third kappa shape index (κ3) is 4.79. The van der Waals surface area contributed by atoms with Crippen molar-refractivity contribution in [1.29, 1.82) is 5.26 Å². The summed E-state index contributed by atoms with van der Waals surface area (Å²) in [7, 11) is 0. The van der Waals surface area contributed by atoms with Gasteiger partial charge in [-0.1, -0.05) is 0 Å². The van der Waals surface area contributed by atoms with Gasteiger partial charge in [-0.25, -0.2) is 8.91 Å². The smallest absolute Gasteiger partial charge is 0.255 e. The first kappa shape index (κ1) is 25.6. The molecule has 0 aromatic carbocycles. The fourth-order valence-corrected chi connectivity index (χ4v) is 5.23. The predicted octanol–water partition coefficient (Wildman–Crippen LogP) is 2.53. The molecule has 11 heteroatoms. The summed E-state index contributed by atoms with van der Waals surface area (Å²) in [6.07, 6.45) is 3.02. The van der Waals surface area contributed by atoms with E-state index < -0.39 is 17.7 Å². The molecular formula is C27H30FN7O3. The Bertz CT molecular complexity index is 1440. The number of aliphatic hydroxyl groups is 1. The van der Waals surface area contributed by atoms with Gasteiger partial charge < -0.3 is 20.6 Å². The summed E-state index contributed by atoms with van der Waals surface area (Å²) < 4.78 is 16.0. The van der Waals surface area contributed by atoms with Crippen molar-refractivity contribution < 1.29 is 19.1 Å². The molecule has 2 aliphatic rings. The Morgan fingerprint density at radius 2 is 2.03 bits per heavy atom. The summed E-state index contributed by atoms with van der Waals surface area (Å²) in [5, 5.41) is 29.4. The van der Waals surface area contributed by atoms with Crippen LogP contribution in [0.15, 0.2) is 36.7 Å². The molecule has 2 fully saturated rings. The number of likely N-dealkylation sites (tertiary alicyclic amines) is 1. The summed E-state index contributed by atoms with van der Waals surface area (Å²) in [5.41, 5.74) is 1.79. The zero-order valence-corrected chi connectivity index (χ0v) is 21.5. The number of carbonyl (C=O) groups is 2. The van der Waals surface area contributed by atoms with E-state index in [0.29, 0.717) is 22.6 Å². The minimum absolute atomic E-state index is 0.0805. The molecule has 5 rings (SSSR count). The third-order valence-corrected chi connectivity index (χ3v) is 7.47. The third-order valence-electron chi connectivity index (χ3n) is 7.47. The van der Waals surface area contributed by atoms with Crippen LogP contribution in [0.3, 0.4) is 0 Å². The maximum atomic E-state index is 14.3. The number of nitriles is 1. The van der Waals surface area contributed by atoms with E-state index in [2.05, 4.69) is 26.8 Å². The highest BCUT2D eigenvalue weighted by Gasteiger charge is 2.53. The van der Waals surface area contributed by atoms with E-state index in [9.17, 15) is 19.1 Å². The van der Waals surface area contributed by atoms with Gasteiger partial charge in [0.25, 0.3) is 5.91 Å². The van der Waals surface area contributed by atoms with Crippen molar-refractivity contribution in [2.75, 3.05) is 25.0 Å². The first-order chi connectivity index (χ1) is 18.0. The van der Waals surface area contributed by atoms with Gasteiger partial charge in [-0.15, -0.1) is 0 Å². The van der Waals surface area contributed by atoms with Gasteiger partial charge in [0.1, 0.15) is 12.2 Å². The number of amides is 2. The molecule has 1 aliphatic heterocycles. The van der Waals surface area contributed by atoms with Crippen LogP contribution in [-0.4, -0.2) is 73.9 Å². The first-order valence-electron chi connectivity index (χ1n) is 12.5. The van der Waals surface area contributed by atoms with Crippen LogP contribution in [0.5, 0.6) is 0 Å². The number of fused-ring (bicyclic) bond motifs is 1. The molecule has 0 radical (unpaired) electrons. The number of hydrogen-bond acceptors (Lipinski definition) is 7. The number of alkyl halides is 1. The molecule has 0 bridgehead atoms. The number of aromatic nitrogens is 3. The maximum absolute atomic E-state index is 14.3. The lowest BCUT2D eigenvalue weighted by Crippen LogP contribution is -2.65. The molecule has 0 unspecified atom stereocenters. The monoisotopic (exact) mass is 519 g/mol. The van der Waals surface area contributed by atoms with Crippen LogP contribution in [0, 0.1) is 16.7 Å². The number of hydrogen-bond donors (Lipinski definition) is 3. The van der Waals surface area contributed by atoms with Crippen LogP contribution in [0.2, 0.25) is 0 Å². The van der Waals surface area contributed by atoms with Crippen molar-refractivity contribution in [1.82, 2.24) is 24.8 Å². The molecule has 3 aromatic rings. The number of anilines is 1. The normalized spacial score (nSPS) is 17.4. The standard InChI is InChI=1S/C27H30FN7O3/c1-16(36)34-14-27(15-34)8-18(9-27)33-21-7-22(23-5-4-19-6-17(10-29)11-32-35(19)23)30-12-20(21)25(37)31-13-24(28)26(2,3)38/h4-7,11-12,18,24,38H,8-9,13-15H2,1-3H3,(H,30,33)(H,31,37)/t24-/m1/s1. The Morgan fingerprint density at radius 1 is 1.29 bits per heavy atom. The Hall–Kier alpha value is -4.04. The quantitative estimate of drug-likeness (QED) is 0.436. The van der Waals surface area contributed by atoms with E-state index in [-0.39, 0.29) is 29.5 Å². The fourth-order valence-electron chi connectivity index (χ4n) is 5.23. The lowest BCUT2D eigenvalue weighted by molar-refractivity contribution is -0.147. The molecule has 1 saturated carbocycles. The molecular weight excluding hydrogens is 489 g/mol. The topological polar surface area (TPSA) is 136 Å². The Morgan fingerprint density at radius 3 is 2.68 bits per heavy atom. The average molecular weight is 520 g/mol. The highest BCUT2D eigenvalue weighted by molar-refractivity contribution is 6.00. The SMILES string of the molecule is CC(=O)N1CC2(CC(Nc3cc(-c4ccc5cc(C#N)cnn45)ncc3C(=O)NC[C@@H](F)C(C)(C)O)C2)C1. The van der Waals surface area contributed by atoms with Crippen molar-refractivity contribution in [3.63, 3.8) is 0 Å². The van der Waals surface area contributed by atoms with Gasteiger partial charge in [-0.3, -0.25) is 14.6 Å². The van der Waals surface area contributed by atoms with Gasteiger partial charge >= 0.3 is 0 Å². The van der Waals surface area contributed by atoms with Gasteiger partial charge in [0.05, 0.1) is 52.1 Å². The molecule has 3 aromatic heterocycles. The van der Waals surface area contributed by atoms with Crippen molar-refractivity contribution in [2.24, 2.45) is 5.41 Å². The summed E-state index contributed by atoms with van der Waals surface area (Å²) in [6, 6.07) is 9.36. The lowest BCUT2D eigenvalue weighted by atomic mass is 9.60. The molecule has 1 aliphatic carbocycles. The minimum Gasteiger partial charge on any atom is -0.387 e. The van der Waals surface area contributed by atoms with E-state index in [1.54, 1.807) is 23.6 Å². The second-order valence-electron chi connectivity index (χ2n) is 11.0. The van der Waals surface area contributed by atoms with E-state index >= 15 is 0 Å². The number of nitrogens with zero attached hydrogens (tertiary/aromatic N) is 5. The van der Waals surface area contributed by atoms with Gasteiger partial charge in [0, 0.05) is 37.7 Å². The van der Waals surface area contributed by atoms with Crippen LogP contribution in [0.4, 0.5) is 10.1 Å². The molecule has 1 atom stereocenters. The lowest BCUT2D eigenvalue weighted by Gasteiger charge is -2.59. The van der Waals surface area contributed by atoms with Gasteiger partial charge in [-0.2, -0.15) is 10.4 Å². The Labute approximate surface area is 219 Å². The molecule has 3 N–H and O–H groups in total. The second-order valence-corrected chi connectivity index (χ2v) is 11.0. The largest absolute Gasteiger partial charge is 0.387 e. The van der Waals surface area contributed by atoms with Crippen LogP contribution in [-0.2, 0) is 4.79 Å². The summed E-state index contributed by atoms with van der Waals surface area (Å²) in [4.78, 5) is 31.0. The van der Waals surface area contributed by atoms with E-state index in [1.165, 1.54) is 26.2 Å². The molecule has 4 heterocycles. The number of nitrogens with one attached hydrogen (secondary N) is 2. The van der Waals surface area contributed by atoms with Crippen molar-refractivity contribution in [3.05, 3.63) is 47.8 Å². The minimum atomic E-state index is -1.64. The number of halogens is 1. The van der Waals surface area contributed by atoms with E-state index in [1.807, 2.05) is 17.0 Å². The summed E-state index contributed by atoms with van der Waals surface area (Å²) in [6.45, 7) is 5.43. The number of carbonyl (C=O) groups excluding carboxylic acids is 2. The second kappa shape index (κ2) is 9.36. The summed E-state index contributed by atoms with van der Waals surface area (Å²) in [5.74, 6) is -0.424. The number of pyridine rings is 1. The van der Waals surface area contributed by atoms with Crippen LogP contribution in [0.1, 0.15) is 49.5 Å². The van der Waals surface area contributed by atoms with Crippen molar-refractivity contribution in [2.45, 2.75) is 51.4 Å². The van der Waals surface area contributed by atoms with Crippen LogP contribution < -0.4 is 10.6 Å². The molecule has 2 amide bonds. The molecule has 10 nitrogen and oxygen atoms in total. The summed E-state index contributed by atoms with van der Waals surface area (Å²) >= 11 is 0. The van der Waals surface area contributed by atoms with Gasteiger partial charge in [0.2, 0.25) is 5.91 Å². The zero-order chi connectivity index (χ0) is 27.2.